The maximum absolute atomic E-state index is 9.35. The fraction of sp³-hybridized carbons (Fsp3) is 0.769. The summed E-state index contributed by atoms with van der Waals surface area (Å²) in [6.45, 7) is 11.9. The number of nitrogens with zero attached hydrogens (tertiary/aromatic N) is 2. The van der Waals surface area contributed by atoms with Gasteiger partial charge in [0.05, 0.1) is 17.2 Å². The van der Waals surface area contributed by atoms with E-state index < -0.39 is 0 Å². The molecule has 1 heterocycles. The minimum Gasteiger partial charge on any atom is -0.391 e. The van der Waals surface area contributed by atoms with Crippen LogP contribution in [0.15, 0.2) is 0 Å². The highest BCUT2D eigenvalue weighted by atomic mass is 32.1. The molecule has 98 valence electrons. The largest absolute Gasteiger partial charge is 0.391 e. The molecule has 4 heteroatoms. The molecule has 17 heavy (non-hydrogen) atoms. The molecule has 0 spiro atoms. The van der Waals surface area contributed by atoms with Crippen LogP contribution in [0.3, 0.4) is 0 Å². The van der Waals surface area contributed by atoms with Crippen LogP contribution in [-0.4, -0.2) is 23.7 Å². The number of hydrogen-bond donors (Lipinski definition) is 1. The Labute approximate surface area is 108 Å². The normalized spacial score (nSPS) is 12.2. The Hall–Kier alpha value is -0.610. The lowest BCUT2D eigenvalue weighted by atomic mass is 9.96. The van der Waals surface area contributed by atoms with Gasteiger partial charge in [-0.1, -0.05) is 46.0 Å². The van der Waals surface area contributed by atoms with Gasteiger partial charge in [-0.05, 0) is 11.3 Å². The first-order valence-electron chi connectivity index (χ1n) is 6.06. The van der Waals surface area contributed by atoms with Crippen LogP contribution in [0, 0.1) is 5.41 Å². The Bertz CT molecular complexity index is 366. The SMILES string of the molecule is CC(C)c1nc(N(C)CC(C)(C)C)sc1CO. The average Bonchev–Trinajstić information content (AvgIpc) is 2.58. The number of rotatable bonds is 4. The number of hydrogen-bond acceptors (Lipinski definition) is 4. The van der Waals surface area contributed by atoms with Crippen LogP contribution in [0.5, 0.6) is 0 Å². The van der Waals surface area contributed by atoms with Gasteiger partial charge in [0, 0.05) is 13.6 Å². The molecule has 0 aliphatic carbocycles. The zero-order chi connectivity index (χ0) is 13.2. The molecule has 0 aromatic carbocycles. The third-order valence-electron chi connectivity index (χ3n) is 2.44. The molecule has 0 fully saturated rings. The maximum Gasteiger partial charge on any atom is 0.185 e. The first kappa shape index (κ1) is 14.5. The second kappa shape index (κ2) is 5.36. The molecule has 1 N–H and O–H groups in total. The van der Waals surface area contributed by atoms with E-state index >= 15 is 0 Å². The predicted octanol–water partition coefficient (Wildman–Crippen LogP) is 3.24. The highest BCUT2D eigenvalue weighted by Crippen LogP contribution is 2.31. The first-order valence-corrected chi connectivity index (χ1v) is 6.88. The van der Waals surface area contributed by atoms with E-state index in [-0.39, 0.29) is 12.0 Å². The molecule has 0 aliphatic rings. The smallest absolute Gasteiger partial charge is 0.185 e. The quantitative estimate of drug-likeness (QED) is 0.898. The third kappa shape index (κ3) is 3.96. The molecule has 3 nitrogen and oxygen atoms in total. The van der Waals surface area contributed by atoms with Crippen molar-refractivity contribution < 1.29 is 5.11 Å². The zero-order valence-electron chi connectivity index (χ0n) is 11.7. The summed E-state index contributed by atoms with van der Waals surface area (Å²) in [5.41, 5.74) is 1.28. The number of aliphatic hydroxyl groups is 1. The van der Waals surface area contributed by atoms with Crippen molar-refractivity contribution in [1.29, 1.82) is 0 Å². The van der Waals surface area contributed by atoms with E-state index in [9.17, 15) is 5.11 Å². The molecular formula is C13H24N2OS. The van der Waals surface area contributed by atoms with Gasteiger partial charge >= 0.3 is 0 Å². The molecule has 0 bridgehead atoms. The van der Waals surface area contributed by atoms with E-state index in [1.807, 2.05) is 0 Å². The molecule has 1 rings (SSSR count). The molecule has 0 unspecified atom stereocenters. The van der Waals surface area contributed by atoms with Crippen LogP contribution < -0.4 is 4.90 Å². The second-order valence-electron chi connectivity index (χ2n) is 6.03. The highest BCUT2D eigenvalue weighted by molar-refractivity contribution is 7.15. The van der Waals surface area contributed by atoms with E-state index in [1.165, 1.54) is 0 Å². The van der Waals surface area contributed by atoms with Gasteiger partial charge in [-0.2, -0.15) is 0 Å². The summed E-state index contributed by atoms with van der Waals surface area (Å²) < 4.78 is 0. The van der Waals surface area contributed by atoms with Gasteiger partial charge in [0.25, 0.3) is 0 Å². The summed E-state index contributed by atoms with van der Waals surface area (Å²) in [6, 6.07) is 0. The van der Waals surface area contributed by atoms with Crippen molar-refractivity contribution in [3.8, 4) is 0 Å². The molecule has 0 aliphatic heterocycles. The van der Waals surface area contributed by atoms with Crippen LogP contribution in [0.2, 0.25) is 0 Å². The molecule has 1 aromatic heterocycles. The van der Waals surface area contributed by atoms with Crippen molar-refractivity contribution in [2.75, 3.05) is 18.5 Å². The second-order valence-corrected chi connectivity index (χ2v) is 7.10. The number of aromatic nitrogens is 1. The summed E-state index contributed by atoms with van der Waals surface area (Å²) in [5, 5.41) is 10.4. The summed E-state index contributed by atoms with van der Waals surface area (Å²) in [6.07, 6.45) is 0. The summed E-state index contributed by atoms with van der Waals surface area (Å²) in [7, 11) is 2.06. The van der Waals surface area contributed by atoms with Gasteiger partial charge in [0.2, 0.25) is 0 Å². The van der Waals surface area contributed by atoms with Gasteiger partial charge in [0.1, 0.15) is 0 Å². The van der Waals surface area contributed by atoms with Gasteiger partial charge in [-0.15, -0.1) is 0 Å². The Morgan fingerprint density at radius 2 is 1.94 bits per heavy atom. The lowest BCUT2D eigenvalue weighted by molar-refractivity contribution is 0.283. The lowest BCUT2D eigenvalue weighted by Gasteiger charge is -2.26. The standard InChI is InChI=1S/C13H24N2OS/c1-9(2)11-10(7-16)17-12(14-11)15(6)8-13(3,4)5/h9,16H,7-8H2,1-6H3. The first-order chi connectivity index (χ1) is 7.74. The van der Waals surface area contributed by atoms with E-state index in [1.54, 1.807) is 11.3 Å². The van der Waals surface area contributed by atoms with Gasteiger partial charge in [0.15, 0.2) is 5.13 Å². The van der Waals surface area contributed by atoms with Crippen molar-refractivity contribution in [1.82, 2.24) is 4.98 Å². The lowest BCUT2D eigenvalue weighted by Crippen LogP contribution is -2.28. The average molecular weight is 256 g/mol. The van der Waals surface area contributed by atoms with Crippen LogP contribution in [0.4, 0.5) is 5.13 Å². The van der Waals surface area contributed by atoms with E-state index in [0.717, 1.165) is 22.2 Å². The molecule has 0 radical (unpaired) electrons. The maximum atomic E-state index is 9.35. The minimum atomic E-state index is 0.0918. The van der Waals surface area contributed by atoms with Crippen LogP contribution in [-0.2, 0) is 6.61 Å². The van der Waals surface area contributed by atoms with Crippen molar-refractivity contribution in [2.24, 2.45) is 5.41 Å². The van der Waals surface area contributed by atoms with E-state index in [0.29, 0.717) is 5.92 Å². The Kier molecular flexibility index (Phi) is 4.55. The molecule has 0 atom stereocenters. The zero-order valence-corrected chi connectivity index (χ0v) is 12.6. The topological polar surface area (TPSA) is 36.4 Å². The van der Waals surface area contributed by atoms with Gasteiger partial charge < -0.3 is 10.0 Å². The van der Waals surface area contributed by atoms with Gasteiger partial charge in [-0.3, -0.25) is 0 Å². The molecule has 0 saturated carbocycles. The summed E-state index contributed by atoms with van der Waals surface area (Å²) in [4.78, 5) is 7.82. The van der Waals surface area contributed by atoms with E-state index in [4.69, 9.17) is 0 Å². The van der Waals surface area contributed by atoms with Crippen molar-refractivity contribution >= 4 is 16.5 Å². The number of anilines is 1. The highest BCUT2D eigenvalue weighted by Gasteiger charge is 2.19. The Balaban J connectivity index is 2.92. The summed E-state index contributed by atoms with van der Waals surface area (Å²) in [5.74, 6) is 0.366. The number of thiazole rings is 1. The third-order valence-corrected chi connectivity index (χ3v) is 3.61. The van der Waals surface area contributed by atoms with Crippen LogP contribution in [0.25, 0.3) is 0 Å². The van der Waals surface area contributed by atoms with Gasteiger partial charge in [-0.25, -0.2) is 4.98 Å². The van der Waals surface area contributed by atoms with Crippen molar-refractivity contribution in [3.05, 3.63) is 10.6 Å². The molecular weight excluding hydrogens is 232 g/mol. The molecule has 1 aromatic rings. The number of aliphatic hydroxyl groups excluding tert-OH is 1. The Morgan fingerprint density at radius 3 is 2.29 bits per heavy atom. The van der Waals surface area contributed by atoms with Crippen LogP contribution >= 0.6 is 11.3 Å². The predicted molar refractivity (Wildman–Crippen MR) is 74.9 cm³/mol. The summed E-state index contributed by atoms with van der Waals surface area (Å²) >= 11 is 1.60. The minimum absolute atomic E-state index is 0.0918. The molecule has 0 saturated heterocycles. The fourth-order valence-corrected chi connectivity index (χ4v) is 2.89. The monoisotopic (exact) mass is 256 g/mol. The van der Waals surface area contributed by atoms with Crippen molar-refractivity contribution in [2.45, 2.75) is 47.1 Å². The van der Waals surface area contributed by atoms with Crippen molar-refractivity contribution in [3.63, 3.8) is 0 Å². The van der Waals surface area contributed by atoms with E-state index in [2.05, 4.69) is 51.6 Å². The molecule has 0 amide bonds. The fourth-order valence-electron chi connectivity index (χ4n) is 1.86. The van der Waals surface area contributed by atoms with Crippen LogP contribution in [0.1, 0.15) is 51.1 Å². The Morgan fingerprint density at radius 1 is 1.35 bits per heavy atom.